The number of thioether (sulfide) groups is 1. The summed E-state index contributed by atoms with van der Waals surface area (Å²) in [6.45, 7) is 2.47. The molecule has 5 nitrogen and oxygen atoms in total. The first-order valence-electron chi connectivity index (χ1n) is 7.20. The van der Waals surface area contributed by atoms with Gasteiger partial charge in [0.15, 0.2) is 5.16 Å². The van der Waals surface area contributed by atoms with Crippen LogP contribution in [0.4, 0.5) is 0 Å². The van der Waals surface area contributed by atoms with Crippen molar-refractivity contribution in [1.82, 2.24) is 14.9 Å². The number of hydrogen-bond acceptors (Lipinski definition) is 5. The minimum atomic E-state index is -0.332. The molecule has 3 rings (SSSR count). The lowest BCUT2D eigenvalue weighted by Crippen LogP contribution is -2.42. The summed E-state index contributed by atoms with van der Waals surface area (Å²) in [5, 5.41) is 0.277. The van der Waals surface area contributed by atoms with Gasteiger partial charge in [0, 0.05) is 25.5 Å². The molecule has 1 saturated heterocycles. The fraction of sp³-hybridized carbons (Fsp3) is 0.312. The summed E-state index contributed by atoms with van der Waals surface area (Å²) in [6, 6.07) is 11.6. The summed E-state index contributed by atoms with van der Waals surface area (Å²) in [5.41, 5.74) is 0.969. The van der Waals surface area contributed by atoms with Gasteiger partial charge >= 0.3 is 0 Å². The number of carbonyl (C=O) groups is 1. The Hall–Kier alpha value is -1.92. The zero-order valence-corrected chi connectivity index (χ0v) is 12.9. The molecule has 1 fully saturated rings. The lowest BCUT2D eigenvalue weighted by molar-refractivity contribution is -0.134. The molecule has 0 saturated carbocycles. The Kier molecular flexibility index (Phi) is 5.03. The minimum Gasteiger partial charge on any atom is -0.378 e. The van der Waals surface area contributed by atoms with E-state index in [1.165, 1.54) is 11.8 Å². The Morgan fingerprint density at radius 3 is 2.45 bits per heavy atom. The maximum atomic E-state index is 12.9. The second kappa shape index (κ2) is 7.38. The zero-order chi connectivity index (χ0) is 15.2. The van der Waals surface area contributed by atoms with Gasteiger partial charge in [-0.2, -0.15) is 0 Å². The van der Waals surface area contributed by atoms with Gasteiger partial charge in [0.2, 0.25) is 5.91 Å². The smallest absolute Gasteiger partial charge is 0.240 e. The molecule has 22 heavy (non-hydrogen) atoms. The molecule has 1 aromatic carbocycles. The van der Waals surface area contributed by atoms with Gasteiger partial charge in [-0.05, 0) is 11.6 Å². The van der Waals surface area contributed by atoms with Crippen LogP contribution in [0.2, 0.25) is 0 Å². The molecule has 0 radical (unpaired) electrons. The Labute approximate surface area is 133 Å². The Bertz CT molecular complexity index is 603. The number of morpholine rings is 1. The molecule has 2 heterocycles. The van der Waals surface area contributed by atoms with Crippen molar-refractivity contribution in [3.63, 3.8) is 0 Å². The maximum Gasteiger partial charge on any atom is 0.240 e. The van der Waals surface area contributed by atoms with Crippen molar-refractivity contribution in [3.05, 3.63) is 54.4 Å². The van der Waals surface area contributed by atoms with E-state index in [0.29, 0.717) is 31.5 Å². The molecule has 0 N–H and O–H groups in total. The van der Waals surface area contributed by atoms with Crippen LogP contribution in [-0.2, 0) is 9.53 Å². The van der Waals surface area contributed by atoms with Crippen LogP contribution >= 0.6 is 11.8 Å². The van der Waals surface area contributed by atoms with E-state index in [-0.39, 0.29) is 11.2 Å². The lowest BCUT2D eigenvalue weighted by atomic mass is 10.1. The van der Waals surface area contributed by atoms with Crippen molar-refractivity contribution in [1.29, 1.82) is 0 Å². The van der Waals surface area contributed by atoms with Crippen LogP contribution in [-0.4, -0.2) is 47.1 Å². The molecule has 1 atom stereocenters. The molecule has 1 aromatic heterocycles. The molecule has 1 aliphatic rings. The lowest BCUT2D eigenvalue weighted by Gasteiger charge is -2.30. The summed E-state index contributed by atoms with van der Waals surface area (Å²) in [7, 11) is 0. The number of benzene rings is 1. The van der Waals surface area contributed by atoms with Crippen LogP contribution in [0.1, 0.15) is 10.8 Å². The molecule has 114 valence electrons. The van der Waals surface area contributed by atoms with Crippen LogP contribution in [0.3, 0.4) is 0 Å². The topological polar surface area (TPSA) is 55.3 Å². The predicted molar refractivity (Wildman–Crippen MR) is 84.5 cm³/mol. The third-order valence-electron chi connectivity index (χ3n) is 3.41. The molecule has 1 amide bonds. The van der Waals surface area contributed by atoms with Gasteiger partial charge < -0.3 is 9.64 Å². The van der Waals surface area contributed by atoms with Crippen molar-refractivity contribution < 1.29 is 9.53 Å². The summed E-state index contributed by atoms with van der Waals surface area (Å²) in [6.07, 6.45) is 3.38. The summed E-state index contributed by atoms with van der Waals surface area (Å²) >= 11 is 1.39. The van der Waals surface area contributed by atoms with Gasteiger partial charge in [-0.1, -0.05) is 42.1 Å². The molecular weight excluding hydrogens is 298 g/mol. The minimum absolute atomic E-state index is 0.0898. The Morgan fingerprint density at radius 2 is 1.77 bits per heavy atom. The molecule has 0 aliphatic carbocycles. The van der Waals surface area contributed by atoms with Crippen molar-refractivity contribution in [2.24, 2.45) is 0 Å². The third kappa shape index (κ3) is 3.64. The summed E-state index contributed by atoms with van der Waals surface area (Å²) in [5.74, 6) is 0.0898. The van der Waals surface area contributed by atoms with E-state index in [9.17, 15) is 4.79 Å². The van der Waals surface area contributed by atoms with Gasteiger partial charge in [-0.3, -0.25) is 4.79 Å². The summed E-state index contributed by atoms with van der Waals surface area (Å²) < 4.78 is 5.33. The fourth-order valence-corrected chi connectivity index (χ4v) is 3.29. The first-order chi connectivity index (χ1) is 10.8. The van der Waals surface area contributed by atoms with E-state index >= 15 is 0 Å². The highest BCUT2D eigenvalue weighted by molar-refractivity contribution is 8.00. The van der Waals surface area contributed by atoms with Crippen LogP contribution in [0, 0.1) is 0 Å². The normalized spacial score (nSPS) is 16.3. The average Bonchev–Trinajstić information content (AvgIpc) is 2.61. The number of rotatable bonds is 4. The number of hydrogen-bond donors (Lipinski definition) is 0. The van der Waals surface area contributed by atoms with Crippen molar-refractivity contribution >= 4 is 17.7 Å². The fourth-order valence-electron chi connectivity index (χ4n) is 2.29. The molecule has 0 unspecified atom stereocenters. The number of amides is 1. The van der Waals surface area contributed by atoms with Crippen LogP contribution in [0.15, 0.2) is 53.9 Å². The zero-order valence-electron chi connectivity index (χ0n) is 12.1. The van der Waals surface area contributed by atoms with Gasteiger partial charge in [-0.15, -0.1) is 0 Å². The largest absolute Gasteiger partial charge is 0.378 e. The van der Waals surface area contributed by atoms with Crippen LogP contribution in [0.5, 0.6) is 0 Å². The number of carbonyl (C=O) groups excluding carboxylic acids is 1. The molecule has 1 aliphatic heterocycles. The van der Waals surface area contributed by atoms with Gasteiger partial charge in [0.25, 0.3) is 0 Å². The van der Waals surface area contributed by atoms with Crippen LogP contribution in [0.25, 0.3) is 0 Å². The Morgan fingerprint density at radius 1 is 1.09 bits per heavy atom. The van der Waals surface area contributed by atoms with E-state index in [1.54, 1.807) is 18.5 Å². The molecular formula is C16H17N3O2S. The van der Waals surface area contributed by atoms with E-state index in [1.807, 2.05) is 35.2 Å². The van der Waals surface area contributed by atoms with Gasteiger partial charge in [0.05, 0.1) is 13.2 Å². The van der Waals surface area contributed by atoms with Crippen molar-refractivity contribution in [2.75, 3.05) is 26.3 Å². The highest BCUT2D eigenvalue weighted by Gasteiger charge is 2.28. The van der Waals surface area contributed by atoms with Crippen molar-refractivity contribution in [3.8, 4) is 0 Å². The van der Waals surface area contributed by atoms with Gasteiger partial charge in [-0.25, -0.2) is 9.97 Å². The average molecular weight is 315 g/mol. The van der Waals surface area contributed by atoms with Crippen LogP contribution < -0.4 is 0 Å². The van der Waals surface area contributed by atoms with E-state index < -0.39 is 0 Å². The number of aromatic nitrogens is 2. The monoisotopic (exact) mass is 315 g/mol. The quantitative estimate of drug-likeness (QED) is 0.639. The first kappa shape index (κ1) is 15.0. The molecule has 6 heteroatoms. The highest BCUT2D eigenvalue weighted by atomic mass is 32.2. The first-order valence-corrected chi connectivity index (χ1v) is 8.08. The van der Waals surface area contributed by atoms with Crippen molar-refractivity contribution in [2.45, 2.75) is 10.4 Å². The molecule has 0 spiro atoms. The third-order valence-corrected chi connectivity index (χ3v) is 4.55. The standard InChI is InChI=1S/C16H17N3O2S/c20-15(19-9-11-21-12-10-19)14(13-5-2-1-3-6-13)22-16-17-7-4-8-18-16/h1-8,14H,9-12H2/t14-/m0/s1. The second-order valence-corrected chi connectivity index (χ2v) is 5.95. The number of nitrogens with zero attached hydrogens (tertiary/aromatic N) is 3. The summed E-state index contributed by atoms with van der Waals surface area (Å²) in [4.78, 5) is 23.2. The second-order valence-electron chi connectivity index (χ2n) is 4.88. The highest BCUT2D eigenvalue weighted by Crippen LogP contribution is 2.34. The SMILES string of the molecule is O=C([C@@H](Sc1ncccn1)c1ccccc1)N1CCOCC1. The Balaban J connectivity index is 1.84. The van der Waals surface area contributed by atoms with Gasteiger partial charge in [0.1, 0.15) is 5.25 Å². The van der Waals surface area contributed by atoms with E-state index in [4.69, 9.17) is 4.74 Å². The molecule has 2 aromatic rings. The predicted octanol–water partition coefficient (Wildman–Crippen LogP) is 2.17. The maximum absolute atomic E-state index is 12.9. The number of ether oxygens (including phenoxy) is 1. The molecule has 0 bridgehead atoms. The van der Waals surface area contributed by atoms with E-state index in [0.717, 1.165) is 5.56 Å². The van der Waals surface area contributed by atoms with E-state index in [2.05, 4.69) is 9.97 Å².